The molecule has 0 bridgehead atoms. The second-order valence-electron chi connectivity index (χ2n) is 6.32. The van der Waals surface area contributed by atoms with Crippen molar-refractivity contribution >= 4 is 27.3 Å². The highest BCUT2D eigenvalue weighted by Gasteiger charge is 2.32. The molecule has 0 aromatic heterocycles. The van der Waals surface area contributed by atoms with Gasteiger partial charge in [-0.25, -0.2) is 12.7 Å². The van der Waals surface area contributed by atoms with Gasteiger partial charge in [-0.15, -0.1) is 0 Å². The van der Waals surface area contributed by atoms with Gasteiger partial charge in [-0.05, 0) is 25.3 Å². The number of rotatable bonds is 8. The Bertz CT molecular complexity index is 834. The lowest BCUT2D eigenvalue weighted by Crippen LogP contribution is -2.44. The molecular weight excluding hydrogens is 400 g/mol. The number of carbonyl (C=O) groups excluding carboxylic acids is 1. The molecule has 1 amide bonds. The number of non-ortho nitro benzene ring substituents is 1. The van der Waals surface area contributed by atoms with Gasteiger partial charge in [0.2, 0.25) is 15.9 Å². The van der Waals surface area contributed by atoms with Gasteiger partial charge in [-0.3, -0.25) is 14.9 Å². The zero-order chi connectivity index (χ0) is 20.9. The summed E-state index contributed by atoms with van der Waals surface area (Å²) in [6, 6.07) is 2.87. The van der Waals surface area contributed by atoms with Gasteiger partial charge in [0.1, 0.15) is 5.75 Å². The molecule has 1 aromatic carbocycles. The first-order valence-corrected chi connectivity index (χ1v) is 10.3. The topological polar surface area (TPSA) is 119 Å². The van der Waals surface area contributed by atoms with Gasteiger partial charge in [-0.2, -0.15) is 8.78 Å². The summed E-state index contributed by atoms with van der Waals surface area (Å²) in [6.07, 6.45) is 1.32. The monoisotopic (exact) mass is 421 g/mol. The number of nitrogens with zero attached hydrogens (tertiary/aromatic N) is 2. The molecule has 9 nitrogen and oxygen atoms in total. The van der Waals surface area contributed by atoms with Gasteiger partial charge >= 0.3 is 6.61 Å². The Morgan fingerprint density at radius 2 is 2.18 bits per heavy atom. The van der Waals surface area contributed by atoms with Gasteiger partial charge in [-0.1, -0.05) is 6.92 Å². The van der Waals surface area contributed by atoms with Crippen molar-refractivity contribution in [2.24, 2.45) is 5.92 Å². The van der Waals surface area contributed by atoms with E-state index in [0.29, 0.717) is 25.8 Å². The predicted molar refractivity (Wildman–Crippen MR) is 96.7 cm³/mol. The number of hydrogen-bond donors (Lipinski definition) is 1. The molecule has 12 heteroatoms. The standard InChI is InChI=1S/C16H21F2N3O6S/c1-2-8-28(25,26)20-7-3-4-11(10-20)15(22)19-13-9-12(21(23)24)5-6-14(13)27-16(17)18/h5-6,9,11,16H,2-4,7-8,10H2,1H3,(H,19,22)/t11-/m1/s1. The van der Waals surface area contributed by atoms with Crippen LogP contribution in [0.2, 0.25) is 0 Å². The second kappa shape index (κ2) is 9.24. The minimum atomic E-state index is -3.47. The molecule has 156 valence electrons. The van der Waals surface area contributed by atoms with Gasteiger partial charge in [0.05, 0.1) is 22.3 Å². The lowest BCUT2D eigenvalue weighted by Gasteiger charge is -2.31. The highest BCUT2D eigenvalue weighted by molar-refractivity contribution is 7.89. The molecule has 1 saturated heterocycles. The molecule has 1 aliphatic rings. The number of alkyl halides is 2. The summed E-state index contributed by atoms with van der Waals surface area (Å²) in [5.41, 5.74) is -0.680. The third kappa shape index (κ3) is 5.58. The van der Waals surface area contributed by atoms with E-state index >= 15 is 0 Å². The molecule has 2 rings (SSSR count). The number of benzene rings is 1. The van der Waals surface area contributed by atoms with E-state index in [1.54, 1.807) is 6.92 Å². The molecule has 0 aliphatic carbocycles. The normalized spacial score (nSPS) is 18.1. The number of nitrogens with one attached hydrogen (secondary N) is 1. The SMILES string of the molecule is CCCS(=O)(=O)N1CCC[C@@H](C(=O)Nc2cc([N+](=O)[O-])ccc2OC(F)F)C1. The lowest BCUT2D eigenvalue weighted by atomic mass is 9.98. The zero-order valence-electron chi connectivity index (χ0n) is 15.1. The molecule has 1 atom stereocenters. The average Bonchev–Trinajstić information content (AvgIpc) is 2.62. The highest BCUT2D eigenvalue weighted by atomic mass is 32.2. The number of anilines is 1. The van der Waals surface area contributed by atoms with Crippen LogP contribution in [0.1, 0.15) is 26.2 Å². The first kappa shape index (κ1) is 22.0. The number of piperidine rings is 1. The first-order chi connectivity index (χ1) is 13.1. The Kier molecular flexibility index (Phi) is 7.24. The lowest BCUT2D eigenvalue weighted by molar-refractivity contribution is -0.384. The Morgan fingerprint density at radius 1 is 1.46 bits per heavy atom. The van der Waals surface area contributed by atoms with Crippen LogP contribution in [-0.2, 0) is 14.8 Å². The molecule has 1 heterocycles. The van der Waals surface area contributed by atoms with Crippen LogP contribution in [0.15, 0.2) is 18.2 Å². The summed E-state index contributed by atoms with van der Waals surface area (Å²) in [5, 5.41) is 13.3. The van der Waals surface area contributed by atoms with Crippen molar-refractivity contribution in [2.75, 3.05) is 24.2 Å². The molecular formula is C16H21F2N3O6S. The maximum absolute atomic E-state index is 12.6. The Labute approximate surface area is 160 Å². The van der Waals surface area contributed by atoms with E-state index in [9.17, 15) is 32.1 Å². The molecule has 0 saturated carbocycles. The summed E-state index contributed by atoms with van der Waals surface area (Å²) in [4.78, 5) is 22.8. The van der Waals surface area contributed by atoms with Crippen LogP contribution >= 0.6 is 0 Å². The largest absolute Gasteiger partial charge is 0.433 e. The maximum Gasteiger partial charge on any atom is 0.387 e. The number of nitro benzene ring substituents is 1. The van der Waals surface area contributed by atoms with E-state index in [4.69, 9.17) is 0 Å². The fourth-order valence-corrected chi connectivity index (χ4v) is 4.55. The summed E-state index contributed by atoms with van der Waals surface area (Å²) < 4.78 is 55.1. The minimum Gasteiger partial charge on any atom is -0.433 e. The summed E-state index contributed by atoms with van der Waals surface area (Å²) in [5.74, 6) is -1.77. The molecule has 1 fully saturated rings. The van der Waals surface area contributed by atoms with Crippen molar-refractivity contribution in [2.45, 2.75) is 32.8 Å². The zero-order valence-corrected chi connectivity index (χ0v) is 16.0. The predicted octanol–water partition coefficient (Wildman–Crippen LogP) is 2.59. The van der Waals surface area contributed by atoms with E-state index in [1.807, 2.05) is 0 Å². The minimum absolute atomic E-state index is 0.0292. The van der Waals surface area contributed by atoms with E-state index in [2.05, 4.69) is 10.1 Å². The van der Waals surface area contributed by atoms with Crippen molar-refractivity contribution < 1.29 is 31.7 Å². The Morgan fingerprint density at radius 3 is 2.79 bits per heavy atom. The summed E-state index contributed by atoms with van der Waals surface area (Å²) in [7, 11) is -3.47. The van der Waals surface area contributed by atoms with Crippen molar-refractivity contribution in [3.8, 4) is 5.75 Å². The molecule has 0 radical (unpaired) electrons. The molecule has 0 spiro atoms. The number of sulfonamides is 1. The Hall–Kier alpha value is -2.34. The smallest absolute Gasteiger partial charge is 0.387 e. The van der Waals surface area contributed by atoms with Crippen LogP contribution < -0.4 is 10.1 Å². The fraction of sp³-hybridized carbons (Fsp3) is 0.562. The van der Waals surface area contributed by atoms with Crippen LogP contribution in [0, 0.1) is 16.0 Å². The fourth-order valence-electron chi connectivity index (χ4n) is 2.96. The molecule has 1 aromatic rings. The number of halogens is 2. The number of carbonyl (C=O) groups is 1. The van der Waals surface area contributed by atoms with E-state index in [1.165, 1.54) is 4.31 Å². The van der Waals surface area contributed by atoms with Crippen LogP contribution in [-0.4, -0.2) is 49.0 Å². The highest BCUT2D eigenvalue weighted by Crippen LogP contribution is 2.31. The van der Waals surface area contributed by atoms with Crippen LogP contribution in [0.5, 0.6) is 5.75 Å². The van der Waals surface area contributed by atoms with Crippen LogP contribution in [0.3, 0.4) is 0 Å². The molecule has 28 heavy (non-hydrogen) atoms. The number of amides is 1. The van der Waals surface area contributed by atoms with Crippen LogP contribution in [0.25, 0.3) is 0 Å². The number of hydrogen-bond acceptors (Lipinski definition) is 6. The number of ether oxygens (including phenoxy) is 1. The summed E-state index contributed by atoms with van der Waals surface area (Å²) >= 11 is 0. The number of nitro groups is 1. The maximum atomic E-state index is 12.6. The second-order valence-corrected chi connectivity index (χ2v) is 8.41. The summed E-state index contributed by atoms with van der Waals surface area (Å²) in [6.45, 7) is -1.17. The van der Waals surface area contributed by atoms with E-state index < -0.39 is 44.8 Å². The van der Waals surface area contributed by atoms with Gasteiger partial charge < -0.3 is 10.1 Å². The molecule has 1 aliphatic heterocycles. The van der Waals surface area contributed by atoms with Gasteiger partial charge in [0.15, 0.2) is 0 Å². The van der Waals surface area contributed by atoms with Gasteiger partial charge in [0.25, 0.3) is 5.69 Å². The van der Waals surface area contributed by atoms with Crippen molar-refractivity contribution in [3.05, 3.63) is 28.3 Å². The molecule has 1 N–H and O–H groups in total. The van der Waals surface area contributed by atoms with Crippen molar-refractivity contribution in [1.82, 2.24) is 4.31 Å². The van der Waals surface area contributed by atoms with E-state index in [-0.39, 0.29) is 18.0 Å². The quantitative estimate of drug-likeness (QED) is 0.509. The first-order valence-electron chi connectivity index (χ1n) is 8.66. The molecule has 0 unspecified atom stereocenters. The van der Waals surface area contributed by atoms with Crippen LogP contribution in [0.4, 0.5) is 20.2 Å². The van der Waals surface area contributed by atoms with Crippen molar-refractivity contribution in [1.29, 1.82) is 0 Å². The third-order valence-electron chi connectivity index (χ3n) is 4.26. The average molecular weight is 421 g/mol. The van der Waals surface area contributed by atoms with Gasteiger partial charge in [0, 0.05) is 25.2 Å². The third-order valence-corrected chi connectivity index (χ3v) is 6.30. The van der Waals surface area contributed by atoms with Crippen molar-refractivity contribution in [3.63, 3.8) is 0 Å². The Balaban J connectivity index is 2.19. The van der Waals surface area contributed by atoms with E-state index in [0.717, 1.165) is 18.2 Å².